The molecule has 0 saturated heterocycles. The molecular weight excluding hydrogens is 269 g/mol. The highest BCUT2D eigenvalue weighted by Crippen LogP contribution is 2.25. The van der Waals surface area contributed by atoms with Crippen LogP contribution in [-0.2, 0) is 0 Å². The van der Waals surface area contributed by atoms with E-state index in [4.69, 9.17) is 0 Å². The number of phenolic OH excluding ortho intramolecular Hbond substituents is 1. The smallest absolute Gasteiger partial charge is 0.254 e. The molecule has 1 unspecified atom stereocenters. The SMILES string of the molecule is Cc1ccc(C(=O)N(C)C(C)c2ccccc2F)cc1O. The second-order valence-corrected chi connectivity index (χ2v) is 5.11. The zero-order valence-corrected chi connectivity index (χ0v) is 12.3. The topological polar surface area (TPSA) is 40.5 Å². The predicted octanol–water partition coefficient (Wildman–Crippen LogP) is 3.67. The summed E-state index contributed by atoms with van der Waals surface area (Å²) < 4.78 is 13.8. The highest BCUT2D eigenvalue weighted by Gasteiger charge is 2.21. The summed E-state index contributed by atoms with van der Waals surface area (Å²) in [4.78, 5) is 13.9. The third-order valence-electron chi connectivity index (χ3n) is 3.71. The van der Waals surface area contributed by atoms with Crippen LogP contribution >= 0.6 is 0 Å². The van der Waals surface area contributed by atoms with Crippen LogP contribution in [0.5, 0.6) is 5.75 Å². The molecule has 4 heteroatoms. The van der Waals surface area contributed by atoms with Crippen LogP contribution in [0.15, 0.2) is 42.5 Å². The van der Waals surface area contributed by atoms with E-state index in [2.05, 4.69) is 0 Å². The lowest BCUT2D eigenvalue weighted by Gasteiger charge is -2.26. The van der Waals surface area contributed by atoms with Crippen molar-refractivity contribution in [2.24, 2.45) is 0 Å². The van der Waals surface area contributed by atoms with Gasteiger partial charge >= 0.3 is 0 Å². The number of rotatable bonds is 3. The number of hydrogen-bond acceptors (Lipinski definition) is 2. The Hall–Kier alpha value is -2.36. The number of halogens is 1. The summed E-state index contributed by atoms with van der Waals surface area (Å²) in [5.74, 6) is -0.523. The minimum atomic E-state index is -0.401. The molecule has 110 valence electrons. The fraction of sp³-hybridized carbons (Fsp3) is 0.235. The first-order chi connectivity index (χ1) is 9.91. The lowest BCUT2D eigenvalue weighted by Crippen LogP contribution is -2.30. The lowest BCUT2D eigenvalue weighted by atomic mass is 10.0. The molecule has 0 heterocycles. The molecule has 1 amide bonds. The third kappa shape index (κ3) is 3.05. The van der Waals surface area contributed by atoms with E-state index in [9.17, 15) is 14.3 Å². The first-order valence-electron chi connectivity index (χ1n) is 6.73. The van der Waals surface area contributed by atoms with Crippen molar-refractivity contribution >= 4 is 5.91 Å². The van der Waals surface area contributed by atoms with E-state index in [0.717, 1.165) is 0 Å². The van der Waals surface area contributed by atoms with Crippen molar-refractivity contribution in [3.8, 4) is 5.75 Å². The molecule has 1 atom stereocenters. The van der Waals surface area contributed by atoms with Crippen molar-refractivity contribution in [2.45, 2.75) is 19.9 Å². The molecule has 2 rings (SSSR count). The van der Waals surface area contributed by atoms with E-state index >= 15 is 0 Å². The van der Waals surface area contributed by atoms with Crippen LogP contribution in [0.2, 0.25) is 0 Å². The molecular formula is C17H18FNO2. The number of carbonyl (C=O) groups is 1. The predicted molar refractivity (Wildman–Crippen MR) is 79.8 cm³/mol. The number of aryl methyl sites for hydroxylation is 1. The second-order valence-electron chi connectivity index (χ2n) is 5.11. The van der Waals surface area contributed by atoms with Crippen molar-refractivity contribution in [1.29, 1.82) is 0 Å². The number of nitrogens with zero attached hydrogens (tertiary/aromatic N) is 1. The van der Waals surface area contributed by atoms with Gasteiger partial charge in [0.1, 0.15) is 11.6 Å². The van der Waals surface area contributed by atoms with E-state index in [1.54, 1.807) is 51.2 Å². The van der Waals surface area contributed by atoms with Crippen LogP contribution in [0.1, 0.15) is 34.5 Å². The highest BCUT2D eigenvalue weighted by molar-refractivity contribution is 5.94. The lowest BCUT2D eigenvalue weighted by molar-refractivity contribution is 0.0740. The summed E-state index contributed by atoms with van der Waals surface area (Å²) in [6, 6.07) is 10.8. The van der Waals surface area contributed by atoms with E-state index < -0.39 is 6.04 Å². The van der Waals surface area contributed by atoms with Gasteiger partial charge in [-0.3, -0.25) is 4.79 Å². The standard InChI is InChI=1S/C17H18FNO2/c1-11-8-9-13(10-16(11)20)17(21)19(3)12(2)14-6-4-5-7-15(14)18/h4-10,12,20H,1-3H3. The fourth-order valence-electron chi connectivity index (χ4n) is 2.14. The van der Waals surface area contributed by atoms with Gasteiger partial charge in [0.05, 0.1) is 6.04 Å². The zero-order valence-electron chi connectivity index (χ0n) is 12.3. The van der Waals surface area contributed by atoms with Gasteiger partial charge in [0, 0.05) is 18.2 Å². The second kappa shape index (κ2) is 5.95. The molecule has 2 aromatic rings. The van der Waals surface area contributed by atoms with E-state index in [1.807, 2.05) is 0 Å². The highest BCUT2D eigenvalue weighted by atomic mass is 19.1. The number of benzene rings is 2. The van der Waals surface area contributed by atoms with Crippen molar-refractivity contribution in [3.05, 3.63) is 65.0 Å². The summed E-state index contributed by atoms with van der Waals surface area (Å²) in [6.45, 7) is 3.53. The summed E-state index contributed by atoms with van der Waals surface area (Å²) in [7, 11) is 1.62. The zero-order chi connectivity index (χ0) is 15.6. The van der Waals surface area contributed by atoms with Gasteiger partial charge < -0.3 is 10.0 Å². The number of aromatic hydroxyl groups is 1. The maximum Gasteiger partial charge on any atom is 0.254 e. The Morgan fingerprint density at radius 3 is 2.52 bits per heavy atom. The molecule has 0 aliphatic carbocycles. The van der Waals surface area contributed by atoms with Gasteiger partial charge in [-0.05, 0) is 37.6 Å². The molecule has 0 aliphatic rings. The van der Waals surface area contributed by atoms with E-state index in [1.165, 1.54) is 17.0 Å². The quantitative estimate of drug-likeness (QED) is 0.935. The normalized spacial score (nSPS) is 12.0. The maximum atomic E-state index is 13.8. The summed E-state index contributed by atoms with van der Waals surface area (Å²) in [5, 5.41) is 9.70. The first-order valence-corrected chi connectivity index (χ1v) is 6.73. The Morgan fingerprint density at radius 2 is 1.90 bits per heavy atom. The van der Waals surface area contributed by atoms with Gasteiger partial charge in [-0.25, -0.2) is 4.39 Å². The van der Waals surface area contributed by atoms with Crippen molar-refractivity contribution in [3.63, 3.8) is 0 Å². The van der Waals surface area contributed by atoms with Crippen molar-refractivity contribution in [2.75, 3.05) is 7.05 Å². The monoisotopic (exact) mass is 287 g/mol. The maximum absolute atomic E-state index is 13.8. The average molecular weight is 287 g/mol. The summed E-state index contributed by atoms with van der Waals surface area (Å²) >= 11 is 0. The molecule has 0 radical (unpaired) electrons. The van der Waals surface area contributed by atoms with Crippen LogP contribution in [0, 0.1) is 12.7 Å². The van der Waals surface area contributed by atoms with Gasteiger partial charge in [0.2, 0.25) is 0 Å². The molecule has 0 bridgehead atoms. The van der Waals surface area contributed by atoms with Crippen LogP contribution in [0.4, 0.5) is 4.39 Å². The molecule has 0 aromatic heterocycles. The first kappa shape index (κ1) is 15.0. The molecule has 0 fully saturated rings. The Morgan fingerprint density at radius 1 is 1.24 bits per heavy atom. The van der Waals surface area contributed by atoms with Gasteiger partial charge in [-0.15, -0.1) is 0 Å². The average Bonchev–Trinajstić information content (AvgIpc) is 2.48. The van der Waals surface area contributed by atoms with Gasteiger partial charge in [-0.1, -0.05) is 24.3 Å². The van der Waals surface area contributed by atoms with E-state index in [-0.39, 0.29) is 17.5 Å². The van der Waals surface area contributed by atoms with Gasteiger partial charge in [-0.2, -0.15) is 0 Å². The molecule has 0 aliphatic heterocycles. The molecule has 3 nitrogen and oxygen atoms in total. The van der Waals surface area contributed by atoms with Crippen molar-refractivity contribution < 1.29 is 14.3 Å². The fourth-order valence-corrected chi connectivity index (χ4v) is 2.14. The number of phenols is 1. The van der Waals surface area contributed by atoms with Crippen LogP contribution in [0.3, 0.4) is 0 Å². The van der Waals surface area contributed by atoms with Gasteiger partial charge in [0.25, 0.3) is 5.91 Å². The molecule has 0 saturated carbocycles. The summed E-state index contributed by atoms with van der Waals surface area (Å²) in [5.41, 5.74) is 1.55. The number of amides is 1. The Bertz CT molecular complexity index is 670. The molecule has 21 heavy (non-hydrogen) atoms. The van der Waals surface area contributed by atoms with Crippen LogP contribution in [-0.4, -0.2) is 23.0 Å². The molecule has 1 N–H and O–H groups in total. The number of carbonyl (C=O) groups excluding carboxylic acids is 1. The Kier molecular flexibility index (Phi) is 4.26. The minimum absolute atomic E-state index is 0.0767. The summed E-state index contributed by atoms with van der Waals surface area (Å²) in [6.07, 6.45) is 0. The van der Waals surface area contributed by atoms with Gasteiger partial charge in [0.15, 0.2) is 0 Å². The molecule has 2 aromatic carbocycles. The van der Waals surface area contributed by atoms with E-state index in [0.29, 0.717) is 16.7 Å². The van der Waals surface area contributed by atoms with Crippen molar-refractivity contribution in [1.82, 2.24) is 4.90 Å². The number of hydrogen-bond donors (Lipinski definition) is 1. The Labute approximate surface area is 123 Å². The molecule has 0 spiro atoms. The van der Waals surface area contributed by atoms with Crippen LogP contribution in [0.25, 0.3) is 0 Å². The van der Waals surface area contributed by atoms with Crippen LogP contribution < -0.4 is 0 Å². The largest absolute Gasteiger partial charge is 0.508 e. The third-order valence-corrected chi connectivity index (χ3v) is 3.71. The minimum Gasteiger partial charge on any atom is -0.508 e. The Balaban J connectivity index is 2.26.